The second-order valence-electron chi connectivity index (χ2n) is 5.16. The van der Waals surface area contributed by atoms with E-state index in [0.29, 0.717) is 19.0 Å². The predicted molar refractivity (Wildman–Crippen MR) is 69.4 cm³/mol. The molecule has 1 aliphatic heterocycles. The van der Waals surface area contributed by atoms with Gasteiger partial charge in [0.2, 0.25) is 5.91 Å². The number of fused-ring (bicyclic) bond motifs is 1. The van der Waals surface area contributed by atoms with E-state index in [0.717, 1.165) is 23.2 Å². The van der Waals surface area contributed by atoms with Crippen LogP contribution >= 0.6 is 0 Å². The Morgan fingerprint density at radius 3 is 3.00 bits per heavy atom. The first kappa shape index (κ1) is 11.7. The van der Waals surface area contributed by atoms with Crippen molar-refractivity contribution < 1.29 is 9.90 Å². The van der Waals surface area contributed by atoms with Crippen molar-refractivity contribution >= 4 is 11.6 Å². The lowest BCUT2D eigenvalue weighted by Gasteiger charge is -2.19. The van der Waals surface area contributed by atoms with Crippen LogP contribution in [0.25, 0.3) is 0 Å². The summed E-state index contributed by atoms with van der Waals surface area (Å²) in [6.07, 6.45) is 3.28. The summed E-state index contributed by atoms with van der Waals surface area (Å²) < 4.78 is 0. The number of aryl methyl sites for hydroxylation is 1. The molecule has 3 rings (SSSR count). The molecule has 1 heterocycles. The van der Waals surface area contributed by atoms with Crippen LogP contribution in [0.3, 0.4) is 0 Å². The van der Waals surface area contributed by atoms with Crippen molar-refractivity contribution in [3.8, 4) is 0 Å². The second kappa shape index (κ2) is 4.71. The van der Waals surface area contributed by atoms with Gasteiger partial charge in [0.25, 0.3) is 0 Å². The minimum Gasteiger partial charge on any atom is -0.387 e. The molecule has 4 heteroatoms. The molecule has 1 unspecified atom stereocenters. The van der Waals surface area contributed by atoms with Gasteiger partial charge in [0.05, 0.1) is 6.10 Å². The van der Waals surface area contributed by atoms with E-state index in [2.05, 4.69) is 10.6 Å². The van der Waals surface area contributed by atoms with E-state index in [1.807, 2.05) is 18.2 Å². The maximum absolute atomic E-state index is 11.3. The van der Waals surface area contributed by atoms with Crippen molar-refractivity contribution in [2.24, 2.45) is 0 Å². The van der Waals surface area contributed by atoms with Crippen LogP contribution in [0.5, 0.6) is 0 Å². The van der Waals surface area contributed by atoms with Crippen LogP contribution in [0.1, 0.15) is 36.5 Å². The molecule has 1 saturated carbocycles. The lowest BCUT2D eigenvalue weighted by Crippen LogP contribution is -2.24. The van der Waals surface area contributed by atoms with Crippen molar-refractivity contribution in [2.45, 2.75) is 37.8 Å². The lowest BCUT2D eigenvalue weighted by atomic mass is 9.98. The van der Waals surface area contributed by atoms with Crippen molar-refractivity contribution in [3.05, 3.63) is 29.3 Å². The standard InChI is InChI=1S/C14H18N2O2/c17-13(8-15-11-3-4-11)10-1-5-12-9(7-10)2-6-14(18)16-12/h1,5,7,11,13,15,17H,2-4,6,8H2,(H,16,18). The third-order valence-corrected chi connectivity index (χ3v) is 3.59. The van der Waals surface area contributed by atoms with Gasteiger partial charge >= 0.3 is 0 Å². The summed E-state index contributed by atoms with van der Waals surface area (Å²) in [5.74, 6) is 0.0752. The first-order valence-electron chi connectivity index (χ1n) is 6.56. The maximum atomic E-state index is 11.3. The Labute approximate surface area is 106 Å². The zero-order chi connectivity index (χ0) is 12.5. The molecule has 1 fully saturated rings. The number of anilines is 1. The third-order valence-electron chi connectivity index (χ3n) is 3.59. The number of benzene rings is 1. The fraction of sp³-hybridized carbons (Fsp3) is 0.500. The molecule has 1 amide bonds. The average Bonchev–Trinajstić information content (AvgIpc) is 3.19. The van der Waals surface area contributed by atoms with Gasteiger partial charge in [0.1, 0.15) is 0 Å². The molecule has 0 radical (unpaired) electrons. The van der Waals surface area contributed by atoms with E-state index in [9.17, 15) is 9.90 Å². The molecule has 1 atom stereocenters. The molecule has 0 bridgehead atoms. The average molecular weight is 246 g/mol. The van der Waals surface area contributed by atoms with Crippen LogP contribution in [0.4, 0.5) is 5.69 Å². The molecular weight excluding hydrogens is 228 g/mol. The van der Waals surface area contributed by atoms with Gasteiger partial charge in [-0.15, -0.1) is 0 Å². The van der Waals surface area contributed by atoms with Gasteiger partial charge in [-0.2, -0.15) is 0 Å². The lowest BCUT2D eigenvalue weighted by molar-refractivity contribution is -0.116. The summed E-state index contributed by atoms with van der Waals surface area (Å²) in [7, 11) is 0. The smallest absolute Gasteiger partial charge is 0.224 e. The SMILES string of the molecule is O=C1CCc2cc(C(O)CNC3CC3)ccc2N1. The molecule has 96 valence electrons. The van der Waals surface area contributed by atoms with Gasteiger partial charge in [-0.1, -0.05) is 12.1 Å². The fourth-order valence-corrected chi connectivity index (χ4v) is 2.29. The number of nitrogens with one attached hydrogen (secondary N) is 2. The summed E-state index contributed by atoms with van der Waals surface area (Å²) in [5, 5.41) is 16.3. The Kier molecular flexibility index (Phi) is 3.06. The zero-order valence-electron chi connectivity index (χ0n) is 10.3. The number of carbonyl (C=O) groups is 1. The highest BCUT2D eigenvalue weighted by molar-refractivity contribution is 5.93. The van der Waals surface area contributed by atoms with Gasteiger partial charge in [0, 0.05) is 24.7 Å². The molecule has 0 spiro atoms. The third kappa shape index (κ3) is 2.54. The molecule has 18 heavy (non-hydrogen) atoms. The Morgan fingerprint density at radius 2 is 2.22 bits per heavy atom. The molecule has 4 nitrogen and oxygen atoms in total. The summed E-state index contributed by atoms with van der Waals surface area (Å²) >= 11 is 0. The van der Waals surface area contributed by atoms with Crippen molar-refractivity contribution in [3.63, 3.8) is 0 Å². The van der Waals surface area contributed by atoms with E-state index >= 15 is 0 Å². The van der Waals surface area contributed by atoms with Gasteiger partial charge in [-0.05, 0) is 36.5 Å². The normalized spacial score (nSPS) is 20.2. The number of aliphatic hydroxyl groups is 1. The van der Waals surface area contributed by atoms with Gasteiger partial charge in [-0.3, -0.25) is 4.79 Å². The molecule has 1 aliphatic carbocycles. The van der Waals surface area contributed by atoms with E-state index in [4.69, 9.17) is 0 Å². The largest absolute Gasteiger partial charge is 0.387 e. The van der Waals surface area contributed by atoms with Crippen LogP contribution < -0.4 is 10.6 Å². The highest BCUT2D eigenvalue weighted by Gasteiger charge is 2.22. The van der Waals surface area contributed by atoms with Crippen LogP contribution in [0, 0.1) is 0 Å². The summed E-state index contributed by atoms with van der Waals surface area (Å²) in [4.78, 5) is 11.3. The summed E-state index contributed by atoms with van der Waals surface area (Å²) in [6, 6.07) is 6.40. The number of amides is 1. The molecule has 0 saturated heterocycles. The predicted octanol–water partition coefficient (Wildman–Crippen LogP) is 1.36. The van der Waals surface area contributed by atoms with Crippen molar-refractivity contribution in [2.75, 3.05) is 11.9 Å². The Hall–Kier alpha value is -1.39. The molecule has 1 aromatic rings. The number of rotatable bonds is 4. The fourth-order valence-electron chi connectivity index (χ4n) is 2.29. The monoisotopic (exact) mass is 246 g/mol. The van der Waals surface area contributed by atoms with E-state index < -0.39 is 6.10 Å². The molecular formula is C14H18N2O2. The summed E-state index contributed by atoms with van der Waals surface area (Å²) in [5.41, 5.74) is 2.94. The molecule has 2 aliphatic rings. The maximum Gasteiger partial charge on any atom is 0.224 e. The highest BCUT2D eigenvalue weighted by atomic mass is 16.3. The Bertz CT molecular complexity index is 469. The Morgan fingerprint density at radius 1 is 1.39 bits per heavy atom. The second-order valence-corrected chi connectivity index (χ2v) is 5.16. The van der Waals surface area contributed by atoms with Crippen LogP contribution in [0.2, 0.25) is 0 Å². The Balaban J connectivity index is 1.70. The quantitative estimate of drug-likeness (QED) is 0.751. The van der Waals surface area contributed by atoms with E-state index in [1.54, 1.807) is 0 Å². The first-order valence-corrected chi connectivity index (χ1v) is 6.56. The number of hydrogen-bond donors (Lipinski definition) is 3. The van der Waals surface area contributed by atoms with Crippen LogP contribution in [-0.4, -0.2) is 23.6 Å². The number of hydrogen-bond acceptors (Lipinski definition) is 3. The minimum atomic E-state index is -0.464. The first-order chi connectivity index (χ1) is 8.72. The van der Waals surface area contributed by atoms with Gasteiger partial charge < -0.3 is 15.7 Å². The van der Waals surface area contributed by atoms with Crippen molar-refractivity contribution in [1.82, 2.24) is 5.32 Å². The molecule has 0 aromatic heterocycles. The number of carbonyl (C=O) groups excluding carboxylic acids is 1. The van der Waals surface area contributed by atoms with E-state index in [-0.39, 0.29) is 5.91 Å². The highest BCUT2D eigenvalue weighted by Crippen LogP contribution is 2.26. The molecule has 1 aromatic carbocycles. The molecule has 3 N–H and O–H groups in total. The van der Waals surface area contributed by atoms with Gasteiger partial charge in [0.15, 0.2) is 0 Å². The zero-order valence-corrected chi connectivity index (χ0v) is 10.3. The minimum absolute atomic E-state index is 0.0752. The topological polar surface area (TPSA) is 61.4 Å². The number of aliphatic hydroxyl groups excluding tert-OH is 1. The van der Waals surface area contributed by atoms with Crippen LogP contribution in [-0.2, 0) is 11.2 Å². The summed E-state index contributed by atoms with van der Waals surface area (Å²) in [6.45, 7) is 0.607. The van der Waals surface area contributed by atoms with Gasteiger partial charge in [-0.25, -0.2) is 0 Å². The van der Waals surface area contributed by atoms with Crippen molar-refractivity contribution in [1.29, 1.82) is 0 Å². The van der Waals surface area contributed by atoms with Crippen LogP contribution in [0.15, 0.2) is 18.2 Å². The van der Waals surface area contributed by atoms with E-state index in [1.165, 1.54) is 12.8 Å².